The Hall–Kier alpha value is -0.420. The number of nitrogens with zero attached hydrogens (tertiary/aromatic N) is 1. The quantitative estimate of drug-likeness (QED) is 0.827. The largest absolute Gasteiger partial charge is 0.340 e. The van der Waals surface area contributed by atoms with Crippen molar-refractivity contribution in [3.05, 3.63) is 0 Å². The molecule has 0 radical (unpaired) electrons. The van der Waals surface area contributed by atoms with Gasteiger partial charge in [-0.25, -0.2) is 0 Å². The highest BCUT2D eigenvalue weighted by Crippen LogP contribution is 2.22. The summed E-state index contributed by atoms with van der Waals surface area (Å²) in [7, 11) is -0.795. The highest BCUT2D eigenvalue weighted by Gasteiger charge is 2.22. The molecular formula is C13H24N2O2S. The zero-order chi connectivity index (χ0) is 12.8. The fourth-order valence-corrected chi connectivity index (χ4v) is 4.32. The number of piperazine rings is 1. The van der Waals surface area contributed by atoms with E-state index in [4.69, 9.17) is 0 Å². The van der Waals surface area contributed by atoms with Crippen LogP contribution in [-0.4, -0.2) is 52.2 Å². The van der Waals surface area contributed by atoms with E-state index >= 15 is 0 Å². The van der Waals surface area contributed by atoms with E-state index in [1.54, 1.807) is 0 Å². The molecule has 0 aromatic rings. The van der Waals surface area contributed by atoms with Gasteiger partial charge in [0.15, 0.2) is 0 Å². The van der Waals surface area contributed by atoms with E-state index < -0.39 is 10.8 Å². The smallest absolute Gasteiger partial charge is 0.223 e. The van der Waals surface area contributed by atoms with Crippen LogP contribution in [0.5, 0.6) is 0 Å². The van der Waals surface area contributed by atoms with Gasteiger partial charge in [0.2, 0.25) is 5.91 Å². The van der Waals surface area contributed by atoms with Gasteiger partial charge in [-0.3, -0.25) is 9.00 Å². The van der Waals surface area contributed by atoms with Crippen molar-refractivity contribution in [2.24, 2.45) is 0 Å². The lowest BCUT2D eigenvalue weighted by atomic mass is 10.0. The van der Waals surface area contributed by atoms with Crippen LogP contribution < -0.4 is 5.32 Å². The molecule has 1 aliphatic heterocycles. The third-order valence-corrected chi connectivity index (χ3v) is 5.73. The second kappa shape index (κ2) is 7.24. The third-order valence-electron chi connectivity index (χ3n) is 3.91. The van der Waals surface area contributed by atoms with Crippen LogP contribution in [-0.2, 0) is 15.6 Å². The van der Waals surface area contributed by atoms with Gasteiger partial charge in [-0.1, -0.05) is 19.3 Å². The van der Waals surface area contributed by atoms with Crippen molar-refractivity contribution in [2.75, 3.05) is 31.9 Å². The molecule has 1 saturated carbocycles. The van der Waals surface area contributed by atoms with Gasteiger partial charge < -0.3 is 10.2 Å². The summed E-state index contributed by atoms with van der Waals surface area (Å²) in [6.45, 7) is 3.37. The Morgan fingerprint density at radius 2 is 1.83 bits per heavy atom. The summed E-state index contributed by atoms with van der Waals surface area (Å²) in [5, 5.41) is 3.59. The molecule has 0 bridgehead atoms. The molecule has 1 aliphatic carbocycles. The molecule has 4 nitrogen and oxygen atoms in total. The molecule has 2 aliphatic rings. The first-order valence-corrected chi connectivity index (χ1v) is 8.51. The van der Waals surface area contributed by atoms with Crippen LogP contribution in [0, 0.1) is 0 Å². The first-order valence-electron chi connectivity index (χ1n) is 7.13. The summed E-state index contributed by atoms with van der Waals surface area (Å²) in [6.07, 6.45) is 6.35. The molecule has 104 valence electrons. The molecule has 2 fully saturated rings. The molecule has 2 rings (SSSR count). The van der Waals surface area contributed by atoms with Gasteiger partial charge in [-0.2, -0.15) is 0 Å². The fourth-order valence-electron chi connectivity index (χ4n) is 2.75. The van der Waals surface area contributed by atoms with Crippen molar-refractivity contribution in [2.45, 2.75) is 43.8 Å². The van der Waals surface area contributed by atoms with Crippen LogP contribution in [0.25, 0.3) is 0 Å². The molecule has 1 N–H and O–H groups in total. The van der Waals surface area contributed by atoms with E-state index in [0.29, 0.717) is 17.4 Å². The van der Waals surface area contributed by atoms with Gasteiger partial charge >= 0.3 is 0 Å². The Labute approximate surface area is 112 Å². The van der Waals surface area contributed by atoms with E-state index in [9.17, 15) is 9.00 Å². The van der Waals surface area contributed by atoms with Crippen molar-refractivity contribution in [1.82, 2.24) is 10.2 Å². The maximum Gasteiger partial charge on any atom is 0.223 e. The molecule has 1 saturated heterocycles. The average Bonchev–Trinajstić information content (AvgIpc) is 2.46. The van der Waals surface area contributed by atoms with Crippen LogP contribution >= 0.6 is 0 Å². The zero-order valence-corrected chi connectivity index (χ0v) is 11.8. The predicted octanol–water partition coefficient (Wildman–Crippen LogP) is 0.890. The van der Waals surface area contributed by atoms with Crippen molar-refractivity contribution in [1.29, 1.82) is 0 Å². The lowest BCUT2D eigenvalue weighted by Crippen LogP contribution is -2.46. The molecular weight excluding hydrogens is 248 g/mol. The monoisotopic (exact) mass is 272 g/mol. The van der Waals surface area contributed by atoms with Crippen molar-refractivity contribution in [3.8, 4) is 0 Å². The summed E-state index contributed by atoms with van der Waals surface area (Å²) >= 11 is 0. The molecule has 5 heteroatoms. The number of rotatable bonds is 4. The first kappa shape index (κ1) is 14.0. The number of hydrogen-bond acceptors (Lipinski definition) is 3. The molecule has 18 heavy (non-hydrogen) atoms. The van der Waals surface area contributed by atoms with Crippen LogP contribution in [0.15, 0.2) is 0 Å². The van der Waals surface area contributed by atoms with E-state index in [1.165, 1.54) is 19.3 Å². The van der Waals surface area contributed by atoms with Crippen molar-refractivity contribution >= 4 is 16.7 Å². The van der Waals surface area contributed by atoms with Gasteiger partial charge in [0.25, 0.3) is 0 Å². The van der Waals surface area contributed by atoms with Gasteiger partial charge in [-0.05, 0) is 12.8 Å². The molecule has 0 aromatic carbocycles. The van der Waals surface area contributed by atoms with E-state index in [-0.39, 0.29) is 5.91 Å². The second-order valence-electron chi connectivity index (χ2n) is 5.23. The summed E-state index contributed by atoms with van der Waals surface area (Å²) in [6, 6.07) is 0. The minimum absolute atomic E-state index is 0.181. The molecule has 1 heterocycles. The molecule has 0 spiro atoms. The minimum Gasteiger partial charge on any atom is -0.340 e. The summed E-state index contributed by atoms with van der Waals surface area (Å²) < 4.78 is 12.1. The highest BCUT2D eigenvalue weighted by molar-refractivity contribution is 7.85. The lowest BCUT2D eigenvalue weighted by molar-refractivity contribution is -0.131. The standard InChI is InChI=1S/C13H24N2O2S/c16-13(15-9-7-14-8-10-15)6-11-18(17)12-4-2-1-3-5-12/h12,14H,1-11H2. The number of carbonyl (C=O) groups is 1. The maximum atomic E-state index is 12.1. The molecule has 1 atom stereocenters. The number of hydrogen-bond donors (Lipinski definition) is 1. The van der Waals surface area contributed by atoms with Crippen LogP contribution in [0.1, 0.15) is 38.5 Å². The summed E-state index contributed by atoms with van der Waals surface area (Å²) in [5.41, 5.74) is 0. The van der Waals surface area contributed by atoms with Crippen LogP contribution in [0.3, 0.4) is 0 Å². The Kier molecular flexibility index (Phi) is 5.63. The van der Waals surface area contributed by atoms with E-state index in [1.807, 2.05) is 4.90 Å². The Morgan fingerprint density at radius 1 is 1.17 bits per heavy atom. The van der Waals surface area contributed by atoms with Gasteiger partial charge in [0, 0.05) is 54.4 Å². The topological polar surface area (TPSA) is 49.4 Å². The lowest BCUT2D eigenvalue weighted by Gasteiger charge is -2.27. The molecule has 0 aromatic heterocycles. The number of carbonyl (C=O) groups excluding carboxylic acids is 1. The SMILES string of the molecule is O=C(CCS(=O)C1CCCCC1)N1CCNCC1. The number of nitrogens with one attached hydrogen (secondary N) is 1. The predicted molar refractivity (Wildman–Crippen MR) is 73.9 cm³/mol. The average molecular weight is 272 g/mol. The number of amides is 1. The Balaban J connectivity index is 1.69. The van der Waals surface area contributed by atoms with Crippen molar-refractivity contribution < 1.29 is 9.00 Å². The highest BCUT2D eigenvalue weighted by atomic mass is 32.2. The second-order valence-corrected chi connectivity index (χ2v) is 7.06. The van der Waals surface area contributed by atoms with Gasteiger partial charge in [-0.15, -0.1) is 0 Å². The third kappa shape index (κ3) is 4.05. The zero-order valence-electron chi connectivity index (χ0n) is 11.0. The van der Waals surface area contributed by atoms with Gasteiger partial charge in [0.1, 0.15) is 0 Å². The molecule has 1 unspecified atom stereocenters. The van der Waals surface area contributed by atoms with E-state index in [0.717, 1.165) is 39.0 Å². The summed E-state index contributed by atoms with van der Waals surface area (Å²) in [5.74, 6) is 0.744. The van der Waals surface area contributed by atoms with Gasteiger partial charge in [0.05, 0.1) is 0 Å². The minimum atomic E-state index is -0.795. The normalized spacial score (nSPS) is 23.9. The first-order chi connectivity index (χ1) is 8.77. The van der Waals surface area contributed by atoms with Crippen molar-refractivity contribution in [3.63, 3.8) is 0 Å². The Bertz CT molecular complexity index is 267. The maximum absolute atomic E-state index is 12.1. The fraction of sp³-hybridized carbons (Fsp3) is 0.923. The van der Waals surface area contributed by atoms with E-state index in [2.05, 4.69) is 5.32 Å². The van der Waals surface area contributed by atoms with Crippen LogP contribution in [0.2, 0.25) is 0 Å². The van der Waals surface area contributed by atoms with Crippen LogP contribution in [0.4, 0.5) is 0 Å². The Morgan fingerprint density at radius 3 is 2.50 bits per heavy atom. The summed E-state index contributed by atoms with van der Waals surface area (Å²) in [4.78, 5) is 13.8. The molecule has 1 amide bonds.